The van der Waals surface area contributed by atoms with Crippen LogP contribution in [0, 0.1) is 17.6 Å². The molecule has 0 radical (unpaired) electrons. The van der Waals surface area contributed by atoms with E-state index in [-0.39, 0.29) is 18.2 Å². The fourth-order valence-electron chi connectivity index (χ4n) is 2.07. The fraction of sp³-hybridized carbons (Fsp3) is 0.385. The standard InChI is InChI=1S/C13H12BrF2NO2/c1-2-7(5-14)6-17-11-9(16)4-3-8(15)10(11)12(18)13(17)19/h3-4,7H,2,5-6H2,1H3. The third-order valence-electron chi connectivity index (χ3n) is 3.25. The predicted molar refractivity (Wildman–Crippen MR) is 70.6 cm³/mol. The van der Waals surface area contributed by atoms with Crippen molar-refractivity contribution in [3.05, 3.63) is 29.3 Å². The number of hydrogen-bond acceptors (Lipinski definition) is 2. The molecular weight excluding hydrogens is 320 g/mol. The molecule has 0 aromatic heterocycles. The highest BCUT2D eigenvalue weighted by molar-refractivity contribution is 9.09. The van der Waals surface area contributed by atoms with Crippen molar-refractivity contribution in [3.8, 4) is 0 Å². The maximum absolute atomic E-state index is 13.8. The highest BCUT2D eigenvalue weighted by Gasteiger charge is 2.40. The van der Waals surface area contributed by atoms with Gasteiger partial charge in [-0.15, -0.1) is 0 Å². The van der Waals surface area contributed by atoms with Crippen molar-refractivity contribution >= 4 is 33.3 Å². The van der Waals surface area contributed by atoms with Crippen molar-refractivity contribution in [1.82, 2.24) is 0 Å². The highest BCUT2D eigenvalue weighted by atomic mass is 79.9. The lowest BCUT2D eigenvalue weighted by atomic mass is 10.1. The molecule has 3 nitrogen and oxygen atoms in total. The quantitative estimate of drug-likeness (QED) is 0.628. The first-order chi connectivity index (χ1) is 9.01. The van der Waals surface area contributed by atoms with Crippen LogP contribution >= 0.6 is 15.9 Å². The molecule has 0 aliphatic carbocycles. The van der Waals surface area contributed by atoms with Crippen molar-refractivity contribution in [2.24, 2.45) is 5.92 Å². The number of fused-ring (bicyclic) bond motifs is 1. The minimum Gasteiger partial charge on any atom is -0.302 e. The smallest absolute Gasteiger partial charge is 0.299 e. The molecular formula is C13H12BrF2NO2. The van der Waals surface area contributed by atoms with E-state index in [2.05, 4.69) is 15.9 Å². The number of hydrogen-bond donors (Lipinski definition) is 0. The predicted octanol–water partition coefficient (Wildman–Crippen LogP) is 2.92. The number of Topliss-reactive ketones (excluding diaryl/α,β-unsaturated/α-hetero) is 1. The van der Waals surface area contributed by atoms with Crippen LogP contribution < -0.4 is 4.90 Å². The van der Waals surface area contributed by atoms with E-state index in [0.717, 1.165) is 23.5 Å². The molecule has 1 unspecified atom stereocenters. The van der Waals surface area contributed by atoms with E-state index < -0.39 is 28.9 Å². The molecule has 1 aliphatic rings. The molecule has 1 amide bonds. The van der Waals surface area contributed by atoms with Gasteiger partial charge in [0.15, 0.2) is 0 Å². The number of halogens is 3. The van der Waals surface area contributed by atoms with E-state index in [0.29, 0.717) is 5.33 Å². The van der Waals surface area contributed by atoms with Crippen LogP contribution in [0.25, 0.3) is 0 Å². The van der Waals surface area contributed by atoms with Crippen molar-refractivity contribution in [2.45, 2.75) is 13.3 Å². The molecule has 0 N–H and O–H groups in total. The van der Waals surface area contributed by atoms with E-state index in [9.17, 15) is 18.4 Å². The van der Waals surface area contributed by atoms with E-state index in [4.69, 9.17) is 0 Å². The summed E-state index contributed by atoms with van der Waals surface area (Å²) in [4.78, 5) is 24.6. The van der Waals surface area contributed by atoms with Crippen LogP contribution in [-0.2, 0) is 4.79 Å². The Bertz CT molecular complexity index is 544. The minimum atomic E-state index is -0.976. The highest BCUT2D eigenvalue weighted by Crippen LogP contribution is 2.34. The van der Waals surface area contributed by atoms with E-state index in [1.165, 1.54) is 0 Å². The molecule has 102 valence electrons. The normalized spacial score (nSPS) is 15.9. The summed E-state index contributed by atoms with van der Waals surface area (Å²) in [6.45, 7) is 2.12. The largest absolute Gasteiger partial charge is 0.302 e. The van der Waals surface area contributed by atoms with Crippen molar-refractivity contribution in [3.63, 3.8) is 0 Å². The Hall–Kier alpha value is -1.30. The topological polar surface area (TPSA) is 37.4 Å². The zero-order valence-corrected chi connectivity index (χ0v) is 11.8. The van der Waals surface area contributed by atoms with Gasteiger partial charge in [-0.25, -0.2) is 8.78 Å². The lowest BCUT2D eigenvalue weighted by Gasteiger charge is -2.21. The number of amides is 1. The van der Waals surface area contributed by atoms with Gasteiger partial charge in [0.05, 0.1) is 11.3 Å². The summed E-state index contributed by atoms with van der Waals surface area (Å²) in [5.41, 5.74) is -0.677. The first-order valence-corrected chi connectivity index (χ1v) is 7.03. The molecule has 2 rings (SSSR count). The number of nitrogens with zero attached hydrogens (tertiary/aromatic N) is 1. The zero-order valence-electron chi connectivity index (χ0n) is 10.3. The third kappa shape index (κ3) is 2.29. The summed E-state index contributed by atoms with van der Waals surface area (Å²) in [6.07, 6.45) is 0.759. The maximum atomic E-state index is 13.8. The van der Waals surface area contributed by atoms with Crippen molar-refractivity contribution < 1.29 is 18.4 Å². The molecule has 0 saturated carbocycles. The first-order valence-electron chi connectivity index (χ1n) is 5.91. The molecule has 0 bridgehead atoms. The molecule has 1 aliphatic heterocycles. The Morgan fingerprint density at radius 1 is 1.26 bits per heavy atom. The molecule has 1 aromatic carbocycles. The molecule has 0 spiro atoms. The Balaban J connectivity index is 2.47. The summed E-state index contributed by atoms with van der Waals surface area (Å²) in [6, 6.07) is 1.80. The molecule has 1 heterocycles. The lowest BCUT2D eigenvalue weighted by molar-refractivity contribution is -0.114. The minimum absolute atomic E-state index is 0.0744. The van der Waals surface area contributed by atoms with Gasteiger partial charge in [-0.3, -0.25) is 9.59 Å². The van der Waals surface area contributed by atoms with Crippen LogP contribution in [0.3, 0.4) is 0 Å². The van der Waals surface area contributed by atoms with Crippen LogP contribution in [0.15, 0.2) is 12.1 Å². The summed E-state index contributed by atoms with van der Waals surface area (Å²) in [7, 11) is 0. The molecule has 19 heavy (non-hydrogen) atoms. The van der Waals surface area contributed by atoms with E-state index >= 15 is 0 Å². The second-order valence-corrected chi connectivity index (χ2v) is 5.07. The summed E-state index contributed by atoms with van der Waals surface area (Å²) in [5, 5.41) is 0.619. The average molecular weight is 332 g/mol. The van der Waals surface area contributed by atoms with Crippen LogP contribution in [0.1, 0.15) is 23.7 Å². The second kappa shape index (κ2) is 5.36. The Morgan fingerprint density at radius 3 is 2.47 bits per heavy atom. The fourth-order valence-corrected chi connectivity index (χ4v) is 2.73. The van der Waals surface area contributed by atoms with Gasteiger partial charge in [-0.2, -0.15) is 0 Å². The molecule has 1 atom stereocenters. The monoisotopic (exact) mass is 331 g/mol. The number of alkyl halides is 1. The number of carbonyl (C=O) groups is 2. The summed E-state index contributed by atoms with van der Waals surface area (Å²) < 4.78 is 27.4. The van der Waals surface area contributed by atoms with E-state index in [1.54, 1.807) is 0 Å². The zero-order chi connectivity index (χ0) is 14.2. The van der Waals surface area contributed by atoms with Crippen LogP contribution in [0.4, 0.5) is 14.5 Å². The van der Waals surface area contributed by atoms with Gasteiger partial charge in [-0.1, -0.05) is 29.3 Å². The molecule has 0 fully saturated rings. The summed E-state index contributed by atoms with van der Waals surface area (Å²) in [5.74, 6) is -3.37. The van der Waals surface area contributed by atoms with Crippen molar-refractivity contribution in [1.29, 1.82) is 0 Å². The molecule has 0 saturated heterocycles. The lowest BCUT2D eigenvalue weighted by Crippen LogP contribution is -2.35. The SMILES string of the molecule is CCC(CBr)CN1C(=O)C(=O)c2c(F)ccc(F)c21. The Kier molecular flexibility index (Phi) is 3.99. The average Bonchev–Trinajstić information content (AvgIpc) is 2.66. The van der Waals surface area contributed by atoms with E-state index in [1.807, 2.05) is 6.92 Å². The van der Waals surface area contributed by atoms with Gasteiger partial charge in [0.2, 0.25) is 0 Å². The van der Waals surface area contributed by atoms with Crippen LogP contribution in [0.5, 0.6) is 0 Å². The van der Waals surface area contributed by atoms with Crippen molar-refractivity contribution in [2.75, 3.05) is 16.8 Å². The second-order valence-electron chi connectivity index (χ2n) is 4.43. The number of ketones is 1. The van der Waals surface area contributed by atoms with Gasteiger partial charge in [-0.05, 0) is 18.1 Å². The van der Waals surface area contributed by atoms with Gasteiger partial charge < -0.3 is 4.90 Å². The third-order valence-corrected chi connectivity index (χ3v) is 4.17. The molecule has 6 heteroatoms. The molecule has 1 aromatic rings. The number of anilines is 1. The Morgan fingerprint density at radius 2 is 1.89 bits per heavy atom. The maximum Gasteiger partial charge on any atom is 0.299 e. The number of carbonyl (C=O) groups excluding carboxylic acids is 2. The number of rotatable bonds is 4. The van der Waals surface area contributed by atoms with Gasteiger partial charge in [0.1, 0.15) is 11.6 Å². The van der Waals surface area contributed by atoms with Gasteiger partial charge in [0, 0.05) is 11.9 Å². The van der Waals surface area contributed by atoms with Crippen LogP contribution in [-0.4, -0.2) is 23.6 Å². The van der Waals surface area contributed by atoms with Crippen LogP contribution in [0.2, 0.25) is 0 Å². The number of benzene rings is 1. The van der Waals surface area contributed by atoms with Gasteiger partial charge >= 0.3 is 0 Å². The van der Waals surface area contributed by atoms with Gasteiger partial charge in [0.25, 0.3) is 11.7 Å². The Labute approximate surface area is 117 Å². The first kappa shape index (κ1) is 14.1. The summed E-state index contributed by atoms with van der Waals surface area (Å²) >= 11 is 3.30.